The van der Waals surface area contributed by atoms with Gasteiger partial charge in [-0.05, 0) is 121 Å². The zero-order valence-electron chi connectivity index (χ0n) is 31.3. The summed E-state index contributed by atoms with van der Waals surface area (Å²) < 4.78 is 0. The highest BCUT2D eigenvalue weighted by molar-refractivity contribution is 6.21. The topological polar surface area (TPSA) is 16.1 Å². The lowest BCUT2D eigenvalue weighted by Gasteiger charge is -2.25. The lowest BCUT2D eigenvalue weighted by atomic mass is 9.84. The van der Waals surface area contributed by atoms with Crippen molar-refractivity contribution >= 4 is 38.7 Å². The van der Waals surface area contributed by atoms with Crippen molar-refractivity contribution in [2.75, 3.05) is 4.90 Å². The molecule has 1 heterocycles. The van der Waals surface area contributed by atoms with Gasteiger partial charge in [0, 0.05) is 16.9 Å². The van der Waals surface area contributed by atoms with E-state index in [2.05, 4.69) is 229 Å². The average molecular weight is 727 g/mol. The SMILES string of the molecule is c1ccc(-c2cc(-c3ccccc3)cc(-c3c4ccccc4c(-c4ccc(N(c5ccccc5)c5cccc(-c6ccccc6)n5)cc4)c4ccccc34)c2)cc1. The van der Waals surface area contributed by atoms with E-state index in [1.54, 1.807) is 0 Å². The van der Waals surface area contributed by atoms with E-state index in [0.717, 1.165) is 28.5 Å². The third kappa shape index (κ3) is 6.54. The van der Waals surface area contributed by atoms with Crippen LogP contribution < -0.4 is 4.90 Å². The molecule has 10 aromatic rings. The van der Waals surface area contributed by atoms with Crippen molar-refractivity contribution in [3.8, 4) is 55.8 Å². The molecule has 10 rings (SSSR count). The molecule has 0 spiro atoms. The molecule has 0 atom stereocenters. The van der Waals surface area contributed by atoms with E-state index in [-0.39, 0.29) is 0 Å². The molecule has 268 valence electrons. The minimum atomic E-state index is 0.864. The predicted molar refractivity (Wildman–Crippen MR) is 241 cm³/mol. The maximum atomic E-state index is 5.17. The predicted octanol–water partition coefficient (Wildman–Crippen LogP) is 15.2. The lowest BCUT2D eigenvalue weighted by molar-refractivity contribution is 1.18. The van der Waals surface area contributed by atoms with Gasteiger partial charge in [0.15, 0.2) is 0 Å². The number of para-hydroxylation sites is 1. The molecule has 0 bridgehead atoms. The van der Waals surface area contributed by atoms with Crippen LogP contribution in [0.1, 0.15) is 0 Å². The lowest BCUT2D eigenvalue weighted by Crippen LogP contribution is -2.11. The zero-order chi connectivity index (χ0) is 38.0. The van der Waals surface area contributed by atoms with E-state index in [0.29, 0.717) is 0 Å². The van der Waals surface area contributed by atoms with Crippen molar-refractivity contribution in [3.63, 3.8) is 0 Å². The van der Waals surface area contributed by atoms with Crippen LogP contribution in [-0.4, -0.2) is 4.98 Å². The number of anilines is 3. The summed E-state index contributed by atoms with van der Waals surface area (Å²) in [5.74, 6) is 0.864. The Morgan fingerprint density at radius 2 is 0.667 bits per heavy atom. The fraction of sp³-hybridized carbons (Fsp3) is 0. The highest BCUT2D eigenvalue weighted by Crippen LogP contribution is 2.46. The van der Waals surface area contributed by atoms with Crippen molar-refractivity contribution in [2.45, 2.75) is 0 Å². The number of hydrogen-bond donors (Lipinski definition) is 0. The van der Waals surface area contributed by atoms with Crippen LogP contribution >= 0.6 is 0 Å². The number of pyridine rings is 1. The maximum absolute atomic E-state index is 5.17. The number of aromatic nitrogens is 1. The number of rotatable bonds is 8. The van der Waals surface area contributed by atoms with Gasteiger partial charge in [-0.1, -0.05) is 176 Å². The highest BCUT2D eigenvalue weighted by Gasteiger charge is 2.20. The molecule has 0 aliphatic heterocycles. The van der Waals surface area contributed by atoms with E-state index in [9.17, 15) is 0 Å². The molecule has 0 N–H and O–H groups in total. The Morgan fingerprint density at radius 1 is 0.263 bits per heavy atom. The Hall–Kier alpha value is -7.55. The quantitative estimate of drug-likeness (QED) is 0.145. The summed E-state index contributed by atoms with van der Waals surface area (Å²) in [6, 6.07) is 82.4. The molecule has 0 saturated heterocycles. The largest absolute Gasteiger partial charge is 0.295 e. The molecule has 0 fully saturated rings. The second kappa shape index (κ2) is 14.9. The van der Waals surface area contributed by atoms with Crippen LogP contribution in [0.15, 0.2) is 231 Å². The van der Waals surface area contributed by atoms with Gasteiger partial charge in [0.1, 0.15) is 5.82 Å². The summed E-state index contributed by atoms with van der Waals surface area (Å²) >= 11 is 0. The van der Waals surface area contributed by atoms with Crippen molar-refractivity contribution in [1.29, 1.82) is 0 Å². The smallest absolute Gasteiger partial charge is 0.138 e. The molecule has 0 unspecified atom stereocenters. The fourth-order valence-corrected chi connectivity index (χ4v) is 8.20. The highest BCUT2D eigenvalue weighted by atomic mass is 15.2. The van der Waals surface area contributed by atoms with Crippen molar-refractivity contribution in [2.24, 2.45) is 0 Å². The van der Waals surface area contributed by atoms with Gasteiger partial charge in [0.05, 0.1) is 5.69 Å². The Labute approximate surface area is 333 Å². The van der Waals surface area contributed by atoms with Crippen LogP contribution in [0.5, 0.6) is 0 Å². The first kappa shape index (κ1) is 34.0. The standard InChI is InChI=1S/C55H38N2/c1-5-18-39(19-6-1)43-36-44(40-20-7-2-8-21-40)38-45(37-43)55-50-28-15-13-26-48(50)54(49-27-14-16-29-51(49)55)42-32-34-47(35-33-42)57(46-24-11-4-12-25-46)53-31-17-30-52(56-53)41-22-9-3-10-23-41/h1-38H. The Morgan fingerprint density at radius 3 is 1.18 bits per heavy atom. The number of benzene rings is 9. The summed E-state index contributed by atoms with van der Waals surface area (Å²) in [5, 5.41) is 4.91. The molecule has 0 aliphatic carbocycles. The first-order valence-corrected chi connectivity index (χ1v) is 19.5. The van der Waals surface area contributed by atoms with E-state index in [1.165, 1.54) is 66.1 Å². The summed E-state index contributed by atoms with van der Waals surface area (Å²) in [5.41, 5.74) is 13.8. The number of hydrogen-bond acceptors (Lipinski definition) is 2. The first-order valence-electron chi connectivity index (χ1n) is 19.5. The van der Waals surface area contributed by atoms with Gasteiger partial charge in [0.2, 0.25) is 0 Å². The molecule has 0 aliphatic rings. The molecule has 0 saturated carbocycles. The molecule has 57 heavy (non-hydrogen) atoms. The van der Waals surface area contributed by atoms with Gasteiger partial charge in [-0.15, -0.1) is 0 Å². The minimum Gasteiger partial charge on any atom is -0.295 e. The molecule has 0 amide bonds. The number of fused-ring (bicyclic) bond motifs is 2. The molecular formula is C55H38N2. The van der Waals surface area contributed by atoms with Gasteiger partial charge in [-0.2, -0.15) is 0 Å². The van der Waals surface area contributed by atoms with Gasteiger partial charge >= 0.3 is 0 Å². The van der Waals surface area contributed by atoms with Crippen molar-refractivity contribution in [1.82, 2.24) is 4.98 Å². The maximum Gasteiger partial charge on any atom is 0.138 e. The Kier molecular flexibility index (Phi) is 8.91. The van der Waals surface area contributed by atoms with E-state index in [4.69, 9.17) is 4.98 Å². The first-order chi connectivity index (χ1) is 28.3. The second-order valence-electron chi connectivity index (χ2n) is 14.3. The van der Waals surface area contributed by atoms with Gasteiger partial charge in [-0.25, -0.2) is 4.98 Å². The summed E-state index contributed by atoms with van der Waals surface area (Å²) in [6.45, 7) is 0. The second-order valence-corrected chi connectivity index (χ2v) is 14.3. The molecule has 2 nitrogen and oxygen atoms in total. The zero-order valence-corrected chi connectivity index (χ0v) is 31.3. The van der Waals surface area contributed by atoms with Crippen LogP contribution in [0, 0.1) is 0 Å². The molecule has 1 aromatic heterocycles. The van der Waals surface area contributed by atoms with E-state index in [1.807, 2.05) is 6.07 Å². The van der Waals surface area contributed by atoms with Crippen LogP contribution in [0.3, 0.4) is 0 Å². The average Bonchev–Trinajstić information content (AvgIpc) is 3.30. The van der Waals surface area contributed by atoms with Crippen LogP contribution in [-0.2, 0) is 0 Å². The molecule has 0 radical (unpaired) electrons. The summed E-state index contributed by atoms with van der Waals surface area (Å²) in [4.78, 5) is 7.41. The third-order valence-electron chi connectivity index (χ3n) is 10.8. The molecule has 2 heteroatoms. The number of nitrogens with zero attached hydrogens (tertiary/aromatic N) is 2. The van der Waals surface area contributed by atoms with Gasteiger partial charge < -0.3 is 0 Å². The van der Waals surface area contributed by atoms with E-state index < -0.39 is 0 Å². The van der Waals surface area contributed by atoms with Gasteiger partial charge in [-0.3, -0.25) is 4.90 Å². The molecular weight excluding hydrogens is 689 g/mol. The van der Waals surface area contributed by atoms with Crippen LogP contribution in [0.25, 0.3) is 77.3 Å². The summed E-state index contributed by atoms with van der Waals surface area (Å²) in [7, 11) is 0. The van der Waals surface area contributed by atoms with E-state index >= 15 is 0 Å². The van der Waals surface area contributed by atoms with Crippen molar-refractivity contribution in [3.05, 3.63) is 231 Å². The van der Waals surface area contributed by atoms with Crippen LogP contribution in [0.2, 0.25) is 0 Å². The van der Waals surface area contributed by atoms with Gasteiger partial charge in [0.25, 0.3) is 0 Å². The Bertz CT molecular complexity index is 2860. The third-order valence-corrected chi connectivity index (χ3v) is 10.8. The summed E-state index contributed by atoms with van der Waals surface area (Å²) in [6.07, 6.45) is 0. The monoisotopic (exact) mass is 726 g/mol. The fourth-order valence-electron chi connectivity index (χ4n) is 8.20. The molecule has 9 aromatic carbocycles. The van der Waals surface area contributed by atoms with Crippen molar-refractivity contribution < 1.29 is 0 Å². The Balaban J connectivity index is 1.14. The van der Waals surface area contributed by atoms with Crippen LogP contribution in [0.4, 0.5) is 17.2 Å². The normalized spacial score (nSPS) is 11.2. The minimum absolute atomic E-state index is 0.864.